The van der Waals surface area contributed by atoms with Crippen LogP contribution in [0.3, 0.4) is 0 Å². The molecule has 0 radical (unpaired) electrons. The lowest BCUT2D eigenvalue weighted by Crippen LogP contribution is -2.35. The van der Waals surface area contributed by atoms with Crippen LogP contribution < -0.4 is 4.72 Å². The molecule has 1 unspecified atom stereocenters. The number of ether oxygens (including phenoxy) is 2. The number of thiophene rings is 1. The van der Waals surface area contributed by atoms with Crippen LogP contribution in [0.1, 0.15) is 4.88 Å². The van der Waals surface area contributed by atoms with E-state index in [9.17, 15) is 8.42 Å². The number of hydrogen-bond donors (Lipinski definition) is 2. The normalized spacial score (nSPS) is 13.6. The average molecular weight is 309 g/mol. The first-order valence-corrected chi connectivity index (χ1v) is 8.04. The number of nitrogens with one attached hydrogen (secondary N) is 1. The Bertz CT molecular complexity index is 471. The maximum atomic E-state index is 12.0. The standard InChI is InChI=1S/C11H19NO5S2/c1-16-8-9(17-2)7-12-19(14,15)11-4-3-10(18-11)5-6-13/h3-4,9,12-13H,5-8H2,1-2H3. The van der Waals surface area contributed by atoms with Crippen molar-refractivity contribution in [2.75, 3.05) is 34.0 Å². The lowest BCUT2D eigenvalue weighted by Gasteiger charge is -2.14. The Hall–Kier alpha value is -0.510. The zero-order chi connectivity index (χ0) is 14.3. The maximum absolute atomic E-state index is 12.0. The highest BCUT2D eigenvalue weighted by molar-refractivity contribution is 7.91. The van der Waals surface area contributed by atoms with Gasteiger partial charge in [0.25, 0.3) is 0 Å². The van der Waals surface area contributed by atoms with Gasteiger partial charge in [0.05, 0.1) is 12.7 Å². The van der Waals surface area contributed by atoms with Gasteiger partial charge >= 0.3 is 0 Å². The number of aliphatic hydroxyl groups is 1. The summed E-state index contributed by atoms with van der Waals surface area (Å²) >= 11 is 1.15. The summed E-state index contributed by atoms with van der Waals surface area (Å²) in [7, 11) is -0.499. The molecule has 0 aliphatic rings. The first-order valence-electron chi connectivity index (χ1n) is 5.74. The van der Waals surface area contributed by atoms with Gasteiger partial charge in [0.15, 0.2) is 0 Å². The Morgan fingerprint density at radius 1 is 1.42 bits per heavy atom. The van der Waals surface area contributed by atoms with Gasteiger partial charge in [-0.15, -0.1) is 11.3 Å². The number of rotatable bonds is 9. The van der Waals surface area contributed by atoms with E-state index >= 15 is 0 Å². The van der Waals surface area contributed by atoms with Crippen molar-refractivity contribution in [3.63, 3.8) is 0 Å². The van der Waals surface area contributed by atoms with Crippen molar-refractivity contribution in [1.29, 1.82) is 0 Å². The van der Waals surface area contributed by atoms with Crippen LogP contribution in [-0.2, 0) is 25.9 Å². The fourth-order valence-corrected chi connectivity index (χ4v) is 3.87. The van der Waals surface area contributed by atoms with Crippen LogP contribution >= 0.6 is 11.3 Å². The average Bonchev–Trinajstić information content (AvgIpc) is 2.84. The molecule has 6 nitrogen and oxygen atoms in total. The largest absolute Gasteiger partial charge is 0.396 e. The van der Waals surface area contributed by atoms with Gasteiger partial charge in [0, 0.05) is 38.7 Å². The fraction of sp³-hybridized carbons (Fsp3) is 0.636. The number of sulfonamides is 1. The van der Waals surface area contributed by atoms with Crippen LogP contribution in [0.25, 0.3) is 0 Å². The topological polar surface area (TPSA) is 84.9 Å². The Morgan fingerprint density at radius 3 is 2.74 bits per heavy atom. The molecule has 0 aliphatic heterocycles. The van der Waals surface area contributed by atoms with Gasteiger partial charge in [-0.3, -0.25) is 0 Å². The summed E-state index contributed by atoms with van der Waals surface area (Å²) in [6.45, 7) is 0.478. The van der Waals surface area contributed by atoms with E-state index in [0.717, 1.165) is 16.2 Å². The second kappa shape index (κ2) is 7.93. The quantitative estimate of drug-likeness (QED) is 0.682. The van der Waals surface area contributed by atoms with Crippen molar-refractivity contribution in [3.05, 3.63) is 17.0 Å². The van der Waals surface area contributed by atoms with E-state index < -0.39 is 10.0 Å². The van der Waals surface area contributed by atoms with Crippen molar-refractivity contribution >= 4 is 21.4 Å². The van der Waals surface area contributed by atoms with E-state index in [1.165, 1.54) is 20.3 Å². The Labute approximate surface area is 117 Å². The molecule has 0 aliphatic carbocycles. The summed E-state index contributed by atoms with van der Waals surface area (Å²) < 4.78 is 36.8. The Morgan fingerprint density at radius 2 is 2.16 bits per heavy atom. The van der Waals surface area contributed by atoms with Crippen LogP contribution in [0.4, 0.5) is 0 Å². The zero-order valence-electron chi connectivity index (χ0n) is 11.0. The molecule has 110 valence electrons. The molecule has 0 aromatic carbocycles. The summed E-state index contributed by atoms with van der Waals surface area (Å²) in [6, 6.07) is 3.24. The van der Waals surface area contributed by atoms with E-state index in [-0.39, 0.29) is 23.5 Å². The summed E-state index contributed by atoms with van der Waals surface area (Å²) in [4.78, 5) is 0.836. The third kappa shape index (κ3) is 5.17. The van der Waals surface area contributed by atoms with Gasteiger partial charge in [-0.25, -0.2) is 13.1 Å². The molecule has 0 saturated heterocycles. The molecule has 0 fully saturated rings. The molecule has 0 spiro atoms. The van der Waals surface area contributed by atoms with Crippen LogP contribution in [0, 0.1) is 0 Å². The third-order valence-electron chi connectivity index (χ3n) is 2.45. The van der Waals surface area contributed by atoms with Crippen molar-refractivity contribution in [1.82, 2.24) is 4.72 Å². The molecule has 8 heteroatoms. The van der Waals surface area contributed by atoms with Crippen molar-refractivity contribution in [3.8, 4) is 0 Å². The van der Waals surface area contributed by atoms with Crippen LogP contribution in [0.5, 0.6) is 0 Å². The molecular weight excluding hydrogens is 290 g/mol. The van der Waals surface area contributed by atoms with Gasteiger partial charge in [-0.1, -0.05) is 0 Å². The van der Waals surface area contributed by atoms with E-state index in [1.807, 2.05) is 0 Å². The first kappa shape index (κ1) is 16.5. The second-order valence-electron chi connectivity index (χ2n) is 3.86. The summed E-state index contributed by atoms with van der Waals surface area (Å²) in [6.07, 6.45) is 0.140. The first-order chi connectivity index (χ1) is 9.03. The van der Waals surface area contributed by atoms with Gasteiger partial charge in [0.1, 0.15) is 4.21 Å². The molecule has 1 atom stereocenters. The predicted molar refractivity (Wildman–Crippen MR) is 73.0 cm³/mol. The van der Waals surface area contributed by atoms with Gasteiger partial charge in [-0.05, 0) is 12.1 Å². The van der Waals surface area contributed by atoms with E-state index in [4.69, 9.17) is 14.6 Å². The van der Waals surface area contributed by atoms with E-state index in [2.05, 4.69) is 4.72 Å². The predicted octanol–water partition coefficient (Wildman–Crippen LogP) is 0.223. The van der Waals surface area contributed by atoms with Crippen molar-refractivity contribution in [2.24, 2.45) is 0 Å². The number of hydrogen-bond acceptors (Lipinski definition) is 6. The van der Waals surface area contributed by atoms with Crippen molar-refractivity contribution < 1.29 is 23.0 Å². The highest BCUT2D eigenvalue weighted by Gasteiger charge is 2.18. The molecule has 0 amide bonds. The zero-order valence-corrected chi connectivity index (χ0v) is 12.6. The monoisotopic (exact) mass is 309 g/mol. The van der Waals surface area contributed by atoms with Gasteiger partial charge in [0.2, 0.25) is 10.0 Å². The minimum atomic E-state index is -3.53. The van der Waals surface area contributed by atoms with Crippen LogP contribution in [0.15, 0.2) is 16.3 Å². The lowest BCUT2D eigenvalue weighted by molar-refractivity contribution is 0.0320. The van der Waals surface area contributed by atoms with Gasteiger partial charge < -0.3 is 14.6 Å². The molecule has 19 heavy (non-hydrogen) atoms. The smallest absolute Gasteiger partial charge is 0.250 e. The van der Waals surface area contributed by atoms with Gasteiger partial charge in [-0.2, -0.15) is 0 Å². The van der Waals surface area contributed by atoms with E-state index in [0.29, 0.717) is 13.0 Å². The highest BCUT2D eigenvalue weighted by atomic mass is 32.2. The highest BCUT2D eigenvalue weighted by Crippen LogP contribution is 2.21. The third-order valence-corrected chi connectivity index (χ3v) is 5.51. The molecule has 0 saturated carbocycles. The van der Waals surface area contributed by atoms with Crippen LogP contribution in [-0.4, -0.2) is 53.6 Å². The minimum Gasteiger partial charge on any atom is -0.396 e. The summed E-state index contributed by atoms with van der Waals surface area (Å²) in [5, 5.41) is 8.81. The Balaban J connectivity index is 2.64. The maximum Gasteiger partial charge on any atom is 0.250 e. The molecule has 2 N–H and O–H groups in total. The van der Waals surface area contributed by atoms with Crippen molar-refractivity contribution in [2.45, 2.75) is 16.7 Å². The molecule has 1 aromatic rings. The Kier molecular flexibility index (Phi) is 6.90. The molecular formula is C11H19NO5S2. The van der Waals surface area contributed by atoms with Crippen LogP contribution in [0.2, 0.25) is 0 Å². The summed E-state index contributed by atoms with van der Waals surface area (Å²) in [5.74, 6) is 0. The van der Waals surface area contributed by atoms with E-state index in [1.54, 1.807) is 6.07 Å². The lowest BCUT2D eigenvalue weighted by atomic mass is 10.4. The number of methoxy groups -OCH3 is 2. The molecule has 1 heterocycles. The minimum absolute atomic E-state index is 0.00696. The molecule has 1 aromatic heterocycles. The summed E-state index contributed by atoms with van der Waals surface area (Å²) in [5.41, 5.74) is 0. The second-order valence-corrected chi connectivity index (χ2v) is 7.02. The molecule has 1 rings (SSSR count). The SMILES string of the molecule is COCC(CNS(=O)(=O)c1ccc(CCO)s1)OC. The number of aliphatic hydroxyl groups excluding tert-OH is 1. The fourth-order valence-electron chi connectivity index (χ4n) is 1.42. The molecule has 0 bridgehead atoms.